The molecule has 0 bridgehead atoms. The lowest BCUT2D eigenvalue weighted by Crippen LogP contribution is -2.43. The maximum absolute atomic E-state index is 12.7. The summed E-state index contributed by atoms with van der Waals surface area (Å²) in [5, 5.41) is 0. The van der Waals surface area contributed by atoms with Crippen LogP contribution in [0.5, 0.6) is 0 Å². The van der Waals surface area contributed by atoms with Gasteiger partial charge in [0.2, 0.25) is 10.0 Å². The smallest absolute Gasteiger partial charge is 0.243 e. The standard InChI is InChI=1S/C16H24N2O4S/c1-14-13-22-8-5-17(14)12-15-3-2-4-16(11-15)23(19,20)18-6-9-21-10-7-18/h2-4,11,14H,5-10,12-13H2,1H3. The highest BCUT2D eigenvalue weighted by Crippen LogP contribution is 2.20. The van der Waals surface area contributed by atoms with Crippen molar-refractivity contribution in [2.75, 3.05) is 46.1 Å². The van der Waals surface area contributed by atoms with E-state index in [9.17, 15) is 8.42 Å². The number of hydrogen-bond acceptors (Lipinski definition) is 5. The van der Waals surface area contributed by atoms with Crippen LogP contribution in [0.2, 0.25) is 0 Å². The predicted octanol–water partition coefficient (Wildman–Crippen LogP) is 0.928. The first kappa shape index (κ1) is 16.9. The fraction of sp³-hybridized carbons (Fsp3) is 0.625. The summed E-state index contributed by atoms with van der Waals surface area (Å²) < 4.78 is 37.7. The molecular formula is C16H24N2O4S. The third-order valence-electron chi connectivity index (χ3n) is 4.40. The number of sulfonamides is 1. The zero-order valence-corrected chi connectivity index (χ0v) is 14.3. The summed E-state index contributed by atoms with van der Waals surface area (Å²) in [4.78, 5) is 2.70. The van der Waals surface area contributed by atoms with Crippen molar-refractivity contribution in [3.05, 3.63) is 29.8 Å². The summed E-state index contributed by atoms with van der Waals surface area (Å²) in [6.07, 6.45) is 0. The van der Waals surface area contributed by atoms with E-state index in [1.807, 2.05) is 12.1 Å². The first-order valence-electron chi connectivity index (χ1n) is 8.06. The molecule has 0 aromatic heterocycles. The van der Waals surface area contributed by atoms with E-state index in [1.165, 1.54) is 4.31 Å². The van der Waals surface area contributed by atoms with Crippen LogP contribution in [-0.4, -0.2) is 69.7 Å². The fourth-order valence-electron chi connectivity index (χ4n) is 2.97. The molecular weight excluding hydrogens is 316 g/mol. The predicted molar refractivity (Wildman–Crippen MR) is 86.7 cm³/mol. The largest absolute Gasteiger partial charge is 0.379 e. The monoisotopic (exact) mass is 340 g/mol. The minimum Gasteiger partial charge on any atom is -0.379 e. The quantitative estimate of drug-likeness (QED) is 0.816. The Morgan fingerprint density at radius 2 is 1.87 bits per heavy atom. The van der Waals surface area contributed by atoms with Crippen molar-refractivity contribution in [2.24, 2.45) is 0 Å². The number of morpholine rings is 2. The Balaban J connectivity index is 1.76. The molecule has 0 spiro atoms. The molecule has 7 heteroatoms. The highest BCUT2D eigenvalue weighted by Gasteiger charge is 2.27. The number of nitrogens with zero attached hydrogens (tertiary/aromatic N) is 2. The molecule has 1 atom stereocenters. The van der Waals surface area contributed by atoms with Gasteiger partial charge in [-0.1, -0.05) is 12.1 Å². The molecule has 23 heavy (non-hydrogen) atoms. The fourth-order valence-corrected chi connectivity index (χ4v) is 4.45. The maximum atomic E-state index is 12.7. The van der Waals surface area contributed by atoms with Crippen LogP contribution in [-0.2, 0) is 26.0 Å². The molecule has 3 rings (SSSR count). The SMILES string of the molecule is CC1COCCN1Cc1cccc(S(=O)(=O)N2CCOCC2)c1. The van der Waals surface area contributed by atoms with E-state index in [0.717, 1.165) is 31.9 Å². The van der Waals surface area contributed by atoms with Crippen LogP contribution < -0.4 is 0 Å². The molecule has 2 heterocycles. The van der Waals surface area contributed by atoms with Gasteiger partial charge in [0.25, 0.3) is 0 Å². The Kier molecular flexibility index (Phi) is 5.33. The topological polar surface area (TPSA) is 59.1 Å². The second kappa shape index (κ2) is 7.27. The van der Waals surface area contributed by atoms with Crippen molar-refractivity contribution in [3.8, 4) is 0 Å². The third-order valence-corrected chi connectivity index (χ3v) is 6.29. The van der Waals surface area contributed by atoms with Crippen molar-refractivity contribution in [2.45, 2.75) is 24.4 Å². The van der Waals surface area contributed by atoms with Crippen LogP contribution in [0.3, 0.4) is 0 Å². The normalized spacial score (nSPS) is 24.7. The molecule has 1 aromatic carbocycles. The van der Waals surface area contributed by atoms with Gasteiger partial charge in [-0.3, -0.25) is 4.90 Å². The van der Waals surface area contributed by atoms with Gasteiger partial charge in [0.1, 0.15) is 0 Å². The van der Waals surface area contributed by atoms with Gasteiger partial charge in [0.05, 0.1) is 31.3 Å². The summed E-state index contributed by atoms with van der Waals surface area (Å²) in [6.45, 7) is 6.99. The molecule has 2 aliphatic heterocycles. The van der Waals surface area contributed by atoms with Crippen molar-refractivity contribution in [3.63, 3.8) is 0 Å². The lowest BCUT2D eigenvalue weighted by atomic mass is 10.1. The second-order valence-corrected chi connectivity index (χ2v) is 8.00. The van der Waals surface area contributed by atoms with Gasteiger partial charge in [-0.25, -0.2) is 8.42 Å². The molecule has 0 aliphatic carbocycles. The average Bonchev–Trinajstić information content (AvgIpc) is 2.58. The minimum atomic E-state index is -3.43. The van der Waals surface area contributed by atoms with Crippen LogP contribution >= 0.6 is 0 Å². The first-order chi connectivity index (χ1) is 11.1. The van der Waals surface area contributed by atoms with Crippen LogP contribution in [0.1, 0.15) is 12.5 Å². The highest BCUT2D eigenvalue weighted by molar-refractivity contribution is 7.89. The summed E-state index contributed by atoms with van der Waals surface area (Å²) in [5.74, 6) is 0. The molecule has 0 saturated carbocycles. The molecule has 0 radical (unpaired) electrons. The van der Waals surface area contributed by atoms with Crippen LogP contribution in [0.15, 0.2) is 29.2 Å². The molecule has 1 aromatic rings. The molecule has 6 nitrogen and oxygen atoms in total. The zero-order chi connectivity index (χ0) is 16.3. The Morgan fingerprint density at radius 1 is 1.13 bits per heavy atom. The Hall–Kier alpha value is -0.990. The van der Waals surface area contributed by atoms with E-state index >= 15 is 0 Å². The van der Waals surface area contributed by atoms with Crippen molar-refractivity contribution < 1.29 is 17.9 Å². The van der Waals surface area contributed by atoms with E-state index < -0.39 is 10.0 Å². The first-order valence-corrected chi connectivity index (χ1v) is 9.50. The van der Waals surface area contributed by atoms with Gasteiger partial charge >= 0.3 is 0 Å². The average molecular weight is 340 g/mol. The number of benzene rings is 1. The van der Waals surface area contributed by atoms with Gasteiger partial charge in [-0.2, -0.15) is 4.31 Å². The minimum absolute atomic E-state index is 0.350. The summed E-state index contributed by atoms with van der Waals surface area (Å²) in [5.41, 5.74) is 1.02. The molecule has 2 saturated heterocycles. The third kappa shape index (κ3) is 3.92. The van der Waals surface area contributed by atoms with Gasteiger partial charge in [0.15, 0.2) is 0 Å². The summed E-state index contributed by atoms with van der Waals surface area (Å²) in [7, 11) is -3.43. The second-order valence-electron chi connectivity index (χ2n) is 6.06. The molecule has 1 unspecified atom stereocenters. The molecule has 128 valence electrons. The van der Waals surface area contributed by atoms with E-state index in [4.69, 9.17) is 9.47 Å². The zero-order valence-electron chi connectivity index (χ0n) is 13.5. The molecule has 0 N–H and O–H groups in total. The van der Waals surface area contributed by atoms with Crippen LogP contribution in [0.4, 0.5) is 0 Å². The maximum Gasteiger partial charge on any atom is 0.243 e. The summed E-state index contributed by atoms with van der Waals surface area (Å²) >= 11 is 0. The van der Waals surface area contributed by atoms with Crippen LogP contribution in [0, 0.1) is 0 Å². The molecule has 0 amide bonds. The Labute approximate surface area is 138 Å². The number of rotatable bonds is 4. The summed E-state index contributed by atoms with van der Waals surface area (Å²) in [6, 6.07) is 7.64. The van der Waals surface area contributed by atoms with Crippen molar-refractivity contribution in [1.29, 1.82) is 0 Å². The molecule has 2 fully saturated rings. The lowest BCUT2D eigenvalue weighted by Gasteiger charge is -2.33. The van der Waals surface area contributed by atoms with E-state index in [1.54, 1.807) is 12.1 Å². The van der Waals surface area contributed by atoms with Crippen LogP contribution in [0.25, 0.3) is 0 Å². The Morgan fingerprint density at radius 3 is 2.61 bits per heavy atom. The van der Waals surface area contributed by atoms with Crippen molar-refractivity contribution >= 4 is 10.0 Å². The van der Waals surface area contributed by atoms with Gasteiger partial charge in [0, 0.05) is 32.2 Å². The van der Waals surface area contributed by atoms with Gasteiger partial charge in [-0.15, -0.1) is 0 Å². The lowest BCUT2D eigenvalue weighted by molar-refractivity contribution is -0.00439. The van der Waals surface area contributed by atoms with Gasteiger partial charge in [-0.05, 0) is 24.6 Å². The highest BCUT2D eigenvalue weighted by atomic mass is 32.2. The van der Waals surface area contributed by atoms with E-state index in [2.05, 4.69) is 11.8 Å². The Bertz CT molecular complexity index is 629. The molecule has 2 aliphatic rings. The number of ether oxygens (including phenoxy) is 2. The van der Waals surface area contributed by atoms with E-state index in [0.29, 0.717) is 37.2 Å². The van der Waals surface area contributed by atoms with Gasteiger partial charge < -0.3 is 9.47 Å². The number of hydrogen-bond donors (Lipinski definition) is 0. The van der Waals surface area contributed by atoms with E-state index in [-0.39, 0.29) is 0 Å². The van der Waals surface area contributed by atoms with Crippen molar-refractivity contribution in [1.82, 2.24) is 9.21 Å².